The molecule has 0 aliphatic carbocycles. The smallest absolute Gasteiger partial charge is 0.397 e. The molecule has 0 aliphatic rings. The van der Waals surface area contributed by atoms with Crippen molar-refractivity contribution in [2.24, 2.45) is 0 Å². The van der Waals surface area contributed by atoms with E-state index < -0.39 is 21.4 Å². The molecule has 0 saturated heterocycles. The molecule has 0 radical (unpaired) electrons. The average Bonchev–Trinajstić information content (AvgIpc) is 2.21. The molecule has 0 rings (SSSR count). The zero-order valence-corrected chi connectivity index (χ0v) is 10.9. The Bertz CT molecular complexity index is 154. The van der Waals surface area contributed by atoms with Crippen LogP contribution in [0.15, 0.2) is 0 Å². The molecule has 0 fully saturated rings. The summed E-state index contributed by atoms with van der Waals surface area (Å²) < 4.78 is 50.0. The summed E-state index contributed by atoms with van der Waals surface area (Å²) in [5.41, 5.74) is 0. The summed E-state index contributed by atoms with van der Waals surface area (Å²) in [5, 5.41) is 7.57. The Morgan fingerprint density at radius 3 is 1.56 bits per heavy atom. The SMILES string of the molecule is CCO.CO[Si](CCC(F)(F)F)(OC)OC. The number of aliphatic hydroxyl groups excluding tert-OH is 1. The number of hydrogen-bond acceptors (Lipinski definition) is 4. The van der Waals surface area contributed by atoms with Crippen LogP contribution in [0.3, 0.4) is 0 Å². The second kappa shape index (κ2) is 8.94. The third-order valence-corrected chi connectivity index (χ3v) is 4.38. The Labute approximate surface area is 94.7 Å². The summed E-state index contributed by atoms with van der Waals surface area (Å²) in [6, 6.07) is -0.250. The van der Waals surface area contributed by atoms with Crippen molar-refractivity contribution >= 4 is 8.80 Å². The molecule has 0 aromatic heterocycles. The van der Waals surface area contributed by atoms with E-state index in [9.17, 15) is 13.2 Å². The van der Waals surface area contributed by atoms with E-state index in [1.165, 1.54) is 21.3 Å². The van der Waals surface area contributed by atoms with Gasteiger partial charge in [0.05, 0.1) is 0 Å². The van der Waals surface area contributed by atoms with E-state index in [1.807, 2.05) is 0 Å². The fourth-order valence-corrected chi connectivity index (χ4v) is 2.55. The highest BCUT2D eigenvalue weighted by Crippen LogP contribution is 2.26. The van der Waals surface area contributed by atoms with Gasteiger partial charge in [-0.3, -0.25) is 0 Å². The van der Waals surface area contributed by atoms with E-state index in [1.54, 1.807) is 6.92 Å². The molecule has 100 valence electrons. The molecule has 16 heavy (non-hydrogen) atoms. The summed E-state index contributed by atoms with van der Waals surface area (Å²) in [4.78, 5) is 0. The van der Waals surface area contributed by atoms with Crippen molar-refractivity contribution < 1.29 is 31.6 Å². The molecule has 0 heterocycles. The van der Waals surface area contributed by atoms with Crippen molar-refractivity contribution in [3.63, 3.8) is 0 Å². The Hall–Kier alpha value is -0.153. The van der Waals surface area contributed by atoms with Gasteiger partial charge in [-0.15, -0.1) is 0 Å². The van der Waals surface area contributed by atoms with Crippen molar-refractivity contribution in [3.05, 3.63) is 0 Å². The second-order valence-corrected chi connectivity index (χ2v) is 5.82. The van der Waals surface area contributed by atoms with Crippen molar-refractivity contribution in [2.75, 3.05) is 27.9 Å². The minimum Gasteiger partial charge on any atom is -0.397 e. The van der Waals surface area contributed by atoms with Crippen LogP contribution in [-0.2, 0) is 13.3 Å². The van der Waals surface area contributed by atoms with E-state index in [0.29, 0.717) is 0 Å². The molecule has 0 aliphatic heterocycles. The van der Waals surface area contributed by atoms with Crippen LogP contribution in [0.1, 0.15) is 13.3 Å². The molecule has 0 aromatic carbocycles. The fourth-order valence-electron chi connectivity index (χ4n) is 0.851. The molecule has 0 saturated carbocycles. The normalized spacial score (nSPS) is 12.0. The van der Waals surface area contributed by atoms with Gasteiger partial charge < -0.3 is 18.4 Å². The molecule has 4 nitrogen and oxygen atoms in total. The molecule has 8 heteroatoms. The van der Waals surface area contributed by atoms with Crippen molar-refractivity contribution in [1.29, 1.82) is 0 Å². The number of halogens is 3. The van der Waals surface area contributed by atoms with Crippen LogP contribution in [0, 0.1) is 0 Å². The zero-order chi connectivity index (χ0) is 13.2. The van der Waals surface area contributed by atoms with Gasteiger partial charge in [0, 0.05) is 40.4 Å². The lowest BCUT2D eigenvalue weighted by Crippen LogP contribution is -2.43. The summed E-state index contributed by atoms with van der Waals surface area (Å²) in [5.74, 6) is 0. The Morgan fingerprint density at radius 2 is 1.38 bits per heavy atom. The Balaban J connectivity index is 0. The molecule has 0 atom stereocenters. The van der Waals surface area contributed by atoms with Crippen molar-refractivity contribution in [1.82, 2.24) is 0 Å². The van der Waals surface area contributed by atoms with Crippen LogP contribution in [0.5, 0.6) is 0 Å². The fraction of sp³-hybridized carbons (Fsp3) is 1.00. The lowest BCUT2D eigenvalue weighted by Gasteiger charge is -2.24. The third kappa shape index (κ3) is 9.10. The lowest BCUT2D eigenvalue weighted by atomic mass is 10.5. The van der Waals surface area contributed by atoms with E-state index in [0.717, 1.165) is 0 Å². The third-order valence-electron chi connectivity index (χ3n) is 1.65. The monoisotopic (exact) mass is 264 g/mol. The highest BCUT2D eigenvalue weighted by atomic mass is 28.4. The Morgan fingerprint density at radius 1 is 1.06 bits per heavy atom. The largest absolute Gasteiger partial charge is 0.500 e. The van der Waals surface area contributed by atoms with E-state index >= 15 is 0 Å². The van der Waals surface area contributed by atoms with Gasteiger partial charge in [-0.1, -0.05) is 0 Å². The van der Waals surface area contributed by atoms with Crippen LogP contribution in [0.4, 0.5) is 13.2 Å². The number of alkyl halides is 3. The molecule has 0 amide bonds. The predicted molar refractivity (Wildman–Crippen MR) is 55.0 cm³/mol. The summed E-state index contributed by atoms with van der Waals surface area (Å²) in [6.07, 6.45) is -5.15. The van der Waals surface area contributed by atoms with Gasteiger partial charge in [0.15, 0.2) is 0 Å². The van der Waals surface area contributed by atoms with Gasteiger partial charge >= 0.3 is 15.0 Å². The van der Waals surface area contributed by atoms with Crippen LogP contribution < -0.4 is 0 Å². The molecule has 0 aromatic rings. The van der Waals surface area contributed by atoms with E-state index in [4.69, 9.17) is 18.4 Å². The summed E-state index contributed by atoms with van der Waals surface area (Å²) in [6.45, 7) is 1.93. The molecule has 0 bridgehead atoms. The average molecular weight is 264 g/mol. The van der Waals surface area contributed by atoms with Crippen LogP contribution in [0.25, 0.3) is 0 Å². The van der Waals surface area contributed by atoms with Crippen molar-refractivity contribution in [3.8, 4) is 0 Å². The maximum Gasteiger partial charge on any atom is 0.500 e. The topological polar surface area (TPSA) is 47.9 Å². The highest BCUT2D eigenvalue weighted by molar-refractivity contribution is 6.60. The first-order valence-corrected chi connectivity index (χ1v) is 6.57. The quantitative estimate of drug-likeness (QED) is 0.769. The van der Waals surface area contributed by atoms with Crippen LogP contribution in [-0.4, -0.2) is 48.0 Å². The maximum absolute atomic E-state index is 11.9. The predicted octanol–water partition coefficient (Wildman–Crippen LogP) is 1.82. The van der Waals surface area contributed by atoms with Gasteiger partial charge in [0.1, 0.15) is 0 Å². The van der Waals surface area contributed by atoms with E-state index in [-0.39, 0.29) is 12.7 Å². The van der Waals surface area contributed by atoms with Crippen molar-refractivity contribution in [2.45, 2.75) is 25.6 Å². The molecule has 0 spiro atoms. The number of rotatable bonds is 5. The Kier molecular flexibility index (Phi) is 10.2. The van der Waals surface area contributed by atoms with Gasteiger partial charge in [0.25, 0.3) is 0 Å². The molecule has 1 N–H and O–H groups in total. The first-order valence-electron chi connectivity index (χ1n) is 4.63. The highest BCUT2D eigenvalue weighted by Gasteiger charge is 2.42. The minimum atomic E-state index is -4.20. The maximum atomic E-state index is 11.9. The van der Waals surface area contributed by atoms with Gasteiger partial charge in [-0.25, -0.2) is 0 Å². The van der Waals surface area contributed by atoms with Gasteiger partial charge in [-0.05, 0) is 6.92 Å². The second-order valence-electron chi connectivity index (χ2n) is 2.73. The lowest BCUT2D eigenvalue weighted by molar-refractivity contribution is -0.132. The molecular weight excluding hydrogens is 245 g/mol. The van der Waals surface area contributed by atoms with Crippen LogP contribution in [0.2, 0.25) is 6.04 Å². The van der Waals surface area contributed by atoms with Crippen LogP contribution >= 0.6 is 0 Å². The summed E-state index contributed by atoms with van der Waals surface area (Å²) >= 11 is 0. The number of aliphatic hydroxyl groups is 1. The zero-order valence-electron chi connectivity index (χ0n) is 9.93. The number of hydrogen-bond donors (Lipinski definition) is 1. The molecular formula is C8H19F3O4Si. The standard InChI is InChI=1S/C6H13F3O3Si.C2H6O/c1-10-13(11-2,12-3)5-4-6(7,8)9;1-2-3/h4-5H2,1-3H3;3H,2H2,1H3. The van der Waals surface area contributed by atoms with Gasteiger partial charge in [-0.2, -0.15) is 13.2 Å². The first-order chi connectivity index (χ1) is 7.30. The van der Waals surface area contributed by atoms with Gasteiger partial charge in [0.2, 0.25) is 0 Å². The van der Waals surface area contributed by atoms with E-state index in [2.05, 4.69) is 0 Å². The molecule has 0 unspecified atom stereocenters. The first kappa shape index (κ1) is 18.2. The minimum absolute atomic E-state index is 0.250. The summed E-state index contributed by atoms with van der Waals surface area (Å²) in [7, 11) is 0.815.